The van der Waals surface area contributed by atoms with Crippen molar-refractivity contribution >= 4 is 34.0 Å². The highest BCUT2D eigenvalue weighted by atomic mass is 16.5. The summed E-state index contributed by atoms with van der Waals surface area (Å²) in [5, 5.41) is 12.6. The zero-order valence-corrected chi connectivity index (χ0v) is 23.4. The third-order valence-corrected chi connectivity index (χ3v) is 7.15. The highest BCUT2D eigenvalue weighted by Gasteiger charge is 2.47. The molecule has 0 spiro atoms. The molecule has 0 bridgehead atoms. The molecule has 1 aliphatic heterocycles. The van der Waals surface area contributed by atoms with E-state index in [0.717, 1.165) is 22.2 Å². The van der Waals surface area contributed by atoms with Gasteiger partial charge in [0.15, 0.2) is 0 Å². The first-order valence-electron chi connectivity index (χ1n) is 13.5. The molecule has 4 aromatic rings. The number of hydrogen-bond donors (Lipinski definition) is 2. The van der Waals surface area contributed by atoms with Crippen LogP contribution in [0.4, 0.5) is 5.69 Å². The van der Waals surface area contributed by atoms with Crippen LogP contribution >= 0.6 is 0 Å². The minimum atomic E-state index is -0.848. The molecular formula is C33H34N2O5. The Morgan fingerprint density at radius 2 is 1.65 bits per heavy atom. The van der Waals surface area contributed by atoms with Gasteiger partial charge in [0.2, 0.25) is 0 Å². The summed E-state index contributed by atoms with van der Waals surface area (Å²) in [4.78, 5) is 32.0. The number of ether oxygens (including phenoxy) is 2. The van der Waals surface area contributed by atoms with E-state index in [1.165, 1.54) is 4.90 Å². The van der Waals surface area contributed by atoms with Gasteiger partial charge in [0.05, 0.1) is 24.8 Å². The van der Waals surface area contributed by atoms with Gasteiger partial charge in [0.1, 0.15) is 17.3 Å². The van der Waals surface area contributed by atoms with Gasteiger partial charge in [-0.15, -0.1) is 0 Å². The van der Waals surface area contributed by atoms with E-state index in [4.69, 9.17) is 9.47 Å². The van der Waals surface area contributed by atoms with Crippen LogP contribution in [-0.4, -0.2) is 35.0 Å². The van der Waals surface area contributed by atoms with Crippen LogP contribution in [0.3, 0.4) is 0 Å². The maximum atomic E-state index is 13.7. The number of amides is 1. The number of aromatic nitrogens is 1. The molecule has 0 saturated carbocycles. The lowest BCUT2D eigenvalue weighted by Gasteiger charge is -2.26. The molecule has 1 fully saturated rings. The number of rotatable bonds is 7. The molecule has 5 rings (SSSR count). The lowest BCUT2D eigenvalue weighted by molar-refractivity contribution is -0.132. The number of aromatic amines is 1. The number of H-pyrrole nitrogens is 1. The number of anilines is 1. The second-order valence-corrected chi connectivity index (χ2v) is 10.8. The number of benzene rings is 3. The van der Waals surface area contributed by atoms with E-state index in [-0.39, 0.29) is 16.7 Å². The van der Waals surface area contributed by atoms with Crippen LogP contribution in [0.2, 0.25) is 0 Å². The molecule has 2 heterocycles. The number of ketones is 1. The summed E-state index contributed by atoms with van der Waals surface area (Å²) in [6, 6.07) is 19.3. The fourth-order valence-corrected chi connectivity index (χ4v) is 5.28. The lowest BCUT2D eigenvalue weighted by Crippen LogP contribution is -2.29. The van der Waals surface area contributed by atoms with Crippen LogP contribution < -0.4 is 14.4 Å². The Labute approximate surface area is 234 Å². The van der Waals surface area contributed by atoms with E-state index in [1.807, 2.05) is 50.2 Å². The zero-order chi connectivity index (χ0) is 28.6. The third kappa shape index (κ3) is 4.72. The number of hydrogen-bond acceptors (Lipinski definition) is 5. The zero-order valence-electron chi connectivity index (χ0n) is 23.4. The number of aliphatic hydroxyl groups excluding tert-OH is 1. The SMILES string of the molecule is CCOc1ccc(N2C(=O)C(=O)/C(=C(/O)c3ccc(OCC)c(C(C)(C)C)c3)C2c2c[nH]c3ccccc23)cc1. The fourth-order valence-electron chi connectivity index (χ4n) is 5.28. The average Bonchev–Trinajstić information content (AvgIpc) is 3.47. The van der Waals surface area contributed by atoms with Gasteiger partial charge in [-0.3, -0.25) is 14.5 Å². The molecule has 1 aliphatic rings. The second-order valence-electron chi connectivity index (χ2n) is 10.8. The topological polar surface area (TPSA) is 91.9 Å². The van der Waals surface area contributed by atoms with Crippen molar-refractivity contribution in [1.29, 1.82) is 0 Å². The molecule has 0 radical (unpaired) electrons. The van der Waals surface area contributed by atoms with Crippen molar-refractivity contribution in [2.45, 2.75) is 46.1 Å². The summed E-state index contributed by atoms with van der Waals surface area (Å²) in [6.07, 6.45) is 1.80. The highest BCUT2D eigenvalue weighted by molar-refractivity contribution is 6.51. The standard InChI is InChI=1S/C33H34N2O5/c1-6-39-22-15-13-21(14-16-22)35-29(24-19-34-26-11-9-8-10-23(24)26)28(31(37)32(35)38)30(36)20-12-17-27(40-7-2)25(18-20)33(3,4)5/h8-19,29,34,36H,6-7H2,1-5H3/b30-28+. The van der Waals surface area contributed by atoms with Crippen molar-refractivity contribution in [2.24, 2.45) is 0 Å². The summed E-state index contributed by atoms with van der Waals surface area (Å²) in [6.45, 7) is 11.0. The lowest BCUT2D eigenvalue weighted by atomic mass is 9.84. The Morgan fingerprint density at radius 1 is 0.950 bits per heavy atom. The molecule has 3 aromatic carbocycles. The van der Waals surface area contributed by atoms with Crippen molar-refractivity contribution in [2.75, 3.05) is 18.1 Å². The second kappa shape index (κ2) is 10.6. The quantitative estimate of drug-likeness (QED) is 0.152. The Morgan fingerprint density at radius 3 is 2.33 bits per heavy atom. The van der Waals surface area contributed by atoms with Gasteiger partial charge in [-0.05, 0) is 67.8 Å². The van der Waals surface area contributed by atoms with E-state index >= 15 is 0 Å². The molecule has 40 heavy (non-hydrogen) atoms. The Hall–Kier alpha value is -4.52. The predicted molar refractivity (Wildman–Crippen MR) is 157 cm³/mol. The van der Waals surface area contributed by atoms with E-state index in [2.05, 4.69) is 25.8 Å². The Balaban J connectivity index is 1.73. The molecule has 1 atom stereocenters. The number of nitrogens with zero attached hydrogens (tertiary/aromatic N) is 1. The van der Waals surface area contributed by atoms with Crippen molar-refractivity contribution < 1.29 is 24.2 Å². The van der Waals surface area contributed by atoms with E-state index in [0.29, 0.717) is 35.8 Å². The number of Topliss-reactive ketones (excluding diaryl/α,β-unsaturated/α-hetero) is 1. The molecule has 1 saturated heterocycles. The predicted octanol–water partition coefficient (Wildman–Crippen LogP) is 6.89. The number of aliphatic hydroxyl groups is 1. The molecular weight excluding hydrogens is 504 g/mol. The smallest absolute Gasteiger partial charge is 0.300 e. The van der Waals surface area contributed by atoms with Gasteiger partial charge in [0.25, 0.3) is 11.7 Å². The van der Waals surface area contributed by atoms with Gasteiger partial charge in [0, 0.05) is 39.5 Å². The summed E-state index contributed by atoms with van der Waals surface area (Å²) in [7, 11) is 0. The van der Waals surface area contributed by atoms with Crippen molar-refractivity contribution in [1.82, 2.24) is 4.98 Å². The number of fused-ring (bicyclic) bond motifs is 1. The number of nitrogens with one attached hydrogen (secondary N) is 1. The van der Waals surface area contributed by atoms with Crippen LogP contribution in [0.25, 0.3) is 16.7 Å². The van der Waals surface area contributed by atoms with E-state index in [9.17, 15) is 14.7 Å². The Kier molecular flexibility index (Phi) is 7.15. The van der Waals surface area contributed by atoms with Gasteiger partial charge in [-0.2, -0.15) is 0 Å². The Bertz CT molecular complexity index is 1610. The van der Waals surface area contributed by atoms with Gasteiger partial charge in [-0.1, -0.05) is 39.0 Å². The van der Waals surface area contributed by atoms with E-state index < -0.39 is 17.7 Å². The van der Waals surface area contributed by atoms with Crippen molar-refractivity contribution in [3.63, 3.8) is 0 Å². The summed E-state index contributed by atoms with van der Waals surface area (Å²) >= 11 is 0. The average molecular weight is 539 g/mol. The van der Waals surface area contributed by atoms with Crippen LogP contribution in [-0.2, 0) is 15.0 Å². The van der Waals surface area contributed by atoms with Gasteiger partial charge >= 0.3 is 0 Å². The first-order valence-corrected chi connectivity index (χ1v) is 13.5. The number of para-hydroxylation sites is 1. The number of carbonyl (C=O) groups is 2. The largest absolute Gasteiger partial charge is 0.507 e. The monoisotopic (exact) mass is 538 g/mol. The van der Waals surface area contributed by atoms with Crippen LogP contribution in [0.5, 0.6) is 11.5 Å². The molecule has 1 aromatic heterocycles. The maximum Gasteiger partial charge on any atom is 0.300 e. The first kappa shape index (κ1) is 27.1. The van der Waals surface area contributed by atoms with E-state index in [1.54, 1.807) is 36.5 Å². The molecule has 1 unspecified atom stereocenters. The van der Waals surface area contributed by atoms with Crippen molar-refractivity contribution in [3.05, 3.63) is 95.2 Å². The van der Waals surface area contributed by atoms with Crippen LogP contribution in [0.1, 0.15) is 57.4 Å². The molecule has 1 amide bonds. The maximum absolute atomic E-state index is 13.7. The molecule has 7 heteroatoms. The summed E-state index contributed by atoms with van der Waals surface area (Å²) in [5.41, 5.74) is 3.20. The van der Waals surface area contributed by atoms with Crippen LogP contribution in [0, 0.1) is 0 Å². The minimum absolute atomic E-state index is 0.0349. The number of carbonyl (C=O) groups excluding carboxylic acids is 2. The minimum Gasteiger partial charge on any atom is -0.507 e. The molecule has 7 nitrogen and oxygen atoms in total. The molecule has 2 N–H and O–H groups in total. The molecule has 206 valence electrons. The summed E-state index contributed by atoms with van der Waals surface area (Å²) in [5.74, 6) is -0.295. The van der Waals surface area contributed by atoms with Gasteiger partial charge in [-0.25, -0.2) is 0 Å². The van der Waals surface area contributed by atoms with Gasteiger partial charge < -0.3 is 19.6 Å². The fraction of sp³-hybridized carbons (Fsp3) is 0.273. The van der Waals surface area contributed by atoms with Crippen LogP contribution in [0.15, 0.2) is 78.5 Å². The normalized spacial score (nSPS) is 17.0. The summed E-state index contributed by atoms with van der Waals surface area (Å²) < 4.78 is 11.4. The third-order valence-electron chi connectivity index (χ3n) is 7.15. The first-order chi connectivity index (χ1) is 19.2. The highest BCUT2D eigenvalue weighted by Crippen LogP contribution is 2.45. The van der Waals surface area contributed by atoms with Crippen molar-refractivity contribution in [3.8, 4) is 11.5 Å². The molecule has 0 aliphatic carbocycles.